The highest BCUT2D eigenvalue weighted by atomic mass is 32.1. The molecule has 1 aromatic heterocycles. The van der Waals surface area contributed by atoms with Gasteiger partial charge in [0.1, 0.15) is 4.64 Å². The third-order valence-corrected chi connectivity index (χ3v) is 4.38. The first-order valence-corrected chi connectivity index (χ1v) is 7.93. The molecule has 0 atom stereocenters. The van der Waals surface area contributed by atoms with Gasteiger partial charge >= 0.3 is 0 Å². The van der Waals surface area contributed by atoms with Crippen LogP contribution in [0.3, 0.4) is 0 Å². The number of nitro groups is 1. The monoisotopic (exact) mass is 344 g/mol. The summed E-state index contributed by atoms with van der Waals surface area (Å²) in [5.41, 5.74) is 1.51. The van der Waals surface area contributed by atoms with Gasteiger partial charge in [-0.15, -0.1) is 0 Å². The molecule has 0 saturated carbocycles. The standard InChI is InChI=1S/C16H16N4O3S/c21-16(14-2-1-7-17-15(14)24)19-10-8-18(9-11-19)12-3-5-13(6-4-12)20(22)23/h1-7H,8-11H2,(H,17,24). The van der Waals surface area contributed by atoms with Crippen molar-refractivity contribution in [3.8, 4) is 0 Å². The van der Waals surface area contributed by atoms with Crippen LogP contribution in [0, 0.1) is 14.8 Å². The lowest BCUT2D eigenvalue weighted by molar-refractivity contribution is -0.384. The molecule has 1 aliphatic heterocycles. The minimum atomic E-state index is -0.413. The van der Waals surface area contributed by atoms with E-state index in [-0.39, 0.29) is 11.6 Å². The highest BCUT2D eigenvalue weighted by Crippen LogP contribution is 2.21. The molecule has 2 aromatic rings. The number of aromatic amines is 1. The third-order valence-electron chi connectivity index (χ3n) is 4.04. The fourth-order valence-corrected chi connectivity index (χ4v) is 2.94. The zero-order valence-corrected chi connectivity index (χ0v) is 13.7. The molecule has 0 unspecified atom stereocenters. The summed E-state index contributed by atoms with van der Waals surface area (Å²) in [5.74, 6) is -0.0693. The van der Waals surface area contributed by atoms with Crippen molar-refractivity contribution in [1.82, 2.24) is 9.88 Å². The van der Waals surface area contributed by atoms with E-state index in [1.165, 1.54) is 12.1 Å². The number of rotatable bonds is 3. The van der Waals surface area contributed by atoms with E-state index in [4.69, 9.17) is 12.2 Å². The SMILES string of the molecule is O=C(c1ccc[nH]c1=S)N1CCN(c2ccc([N+](=O)[O-])cc2)CC1. The van der Waals surface area contributed by atoms with E-state index in [1.54, 1.807) is 35.4 Å². The highest BCUT2D eigenvalue weighted by molar-refractivity contribution is 7.71. The summed E-state index contributed by atoms with van der Waals surface area (Å²) < 4.78 is 0.445. The molecule has 0 bridgehead atoms. The molecule has 1 aliphatic rings. The molecule has 3 rings (SSSR count). The molecule has 1 N–H and O–H groups in total. The Morgan fingerprint density at radius 1 is 1.12 bits per heavy atom. The summed E-state index contributed by atoms with van der Waals surface area (Å²) in [6.07, 6.45) is 1.70. The first kappa shape index (κ1) is 16.1. The quantitative estimate of drug-likeness (QED) is 0.526. The lowest BCUT2D eigenvalue weighted by Gasteiger charge is -2.36. The maximum Gasteiger partial charge on any atom is 0.269 e. The number of carbonyl (C=O) groups excluding carboxylic acids is 1. The average Bonchev–Trinajstić information content (AvgIpc) is 2.62. The third kappa shape index (κ3) is 3.28. The number of non-ortho nitro benzene ring substituents is 1. The molecule has 0 radical (unpaired) electrons. The number of H-pyrrole nitrogens is 1. The normalized spacial score (nSPS) is 14.5. The molecular formula is C16H16N4O3S. The number of hydrogen-bond acceptors (Lipinski definition) is 5. The minimum Gasteiger partial charge on any atom is -0.368 e. The molecule has 1 aromatic carbocycles. The van der Waals surface area contributed by atoms with Gasteiger partial charge in [0.15, 0.2) is 0 Å². The Hall–Kier alpha value is -2.74. The Morgan fingerprint density at radius 3 is 2.38 bits per heavy atom. The Kier molecular flexibility index (Phi) is 4.57. The van der Waals surface area contributed by atoms with Crippen LogP contribution in [-0.2, 0) is 0 Å². The maximum atomic E-state index is 12.5. The number of anilines is 1. The van der Waals surface area contributed by atoms with Gasteiger partial charge in [-0.05, 0) is 24.3 Å². The van der Waals surface area contributed by atoms with Gasteiger partial charge in [-0.1, -0.05) is 12.2 Å². The van der Waals surface area contributed by atoms with Gasteiger partial charge in [0.05, 0.1) is 10.5 Å². The summed E-state index contributed by atoms with van der Waals surface area (Å²) in [6, 6.07) is 9.96. The van der Waals surface area contributed by atoms with Crippen LogP contribution >= 0.6 is 12.2 Å². The van der Waals surface area contributed by atoms with Crippen LogP contribution < -0.4 is 4.90 Å². The predicted octanol–water partition coefficient (Wildman–Crippen LogP) is 2.61. The lowest BCUT2D eigenvalue weighted by atomic mass is 10.2. The second-order valence-electron chi connectivity index (χ2n) is 5.47. The lowest BCUT2D eigenvalue weighted by Crippen LogP contribution is -2.48. The summed E-state index contributed by atoms with van der Waals surface area (Å²) >= 11 is 5.16. The van der Waals surface area contributed by atoms with E-state index in [9.17, 15) is 14.9 Å². The molecular weight excluding hydrogens is 328 g/mol. The van der Waals surface area contributed by atoms with Crippen molar-refractivity contribution in [1.29, 1.82) is 0 Å². The van der Waals surface area contributed by atoms with Crippen molar-refractivity contribution in [2.24, 2.45) is 0 Å². The molecule has 0 spiro atoms. The van der Waals surface area contributed by atoms with E-state index in [0.717, 1.165) is 5.69 Å². The van der Waals surface area contributed by atoms with Gasteiger partial charge in [-0.25, -0.2) is 0 Å². The van der Waals surface area contributed by atoms with E-state index in [0.29, 0.717) is 36.4 Å². The van der Waals surface area contributed by atoms with Crippen LogP contribution in [0.4, 0.5) is 11.4 Å². The van der Waals surface area contributed by atoms with Gasteiger partial charge in [0, 0.05) is 50.2 Å². The topological polar surface area (TPSA) is 82.5 Å². The van der Waals surface area contributed by atoms with Crippen molar-refractivity contribution in [3.05, 3.63) is 62.9 Å². The average molecular weight is 344 g/mol. The molecule has 7 nitrogen and oxygen atoms in total. The van der Waals surface area contributed by atoms with Crippen molar-refractivity contribution < 1.29 is 9.72 Å². The van der Waals surface area contributed by atoms with Gasteiger partial charge in [-0.3, -0.25) is 14.9 Å². The van der Waals surface area contributed by atoms with Crippen molar-refractivity contribution in [2.45, 2.75) is 0 Å². The Bertz CT molecular complexity index is 811. The van der Waals surface area contributed by atoms with E-state index in [2.05, 4.69) is 9.88 Å². The van der Waals surface area contributed by atoms with Crippen LogP contribution in [0.25, 0.3) is 0 Å². The number of piperazine rings is 1. The summed E-state index contributed by atoms with van der Waals surface area (Å²) in [7, 11) is 0. The number of nitro benzene ring substituents is 1. The fraction of sp³-hybridized carbons (Fsp3) is 0.250. The Balaban J connectivity index is 1.65. The molecule has 24 heavy (non-hydrogen) atoms. The van der Waals surface area contributed by atoms with E-state index < -0.39 is 4.92 Å². The van der Waals surface area contributed by atoms with Crippen LogP contribution in [0.2, 0.25) is 0 Å². The van der Waals surface area contributed by atoms with E-state index >= 15 is 0 Å². The number of nitrogens with zero attached hydrogens (tertiary/aromatic N) is 3. The van der Waals surface area contributed by atoms with E-state index in [1.807, 2.05) is 0 Å². The number of aromatic nitrogens is 1. The van der Waals surface area contributed by atoms with Gasteiger partial charge < -0.3 is 14.8 Å². The highest BCUT2D eigenvalue weighted by Gasteiger charge is 2.23. The first-order chi connectivity index (χ1) is 11.6. The minimum absolute atomic E-state index is 0.0693. The first-order valence-electron chi connectivity index (χ1n) is 7.52. The second-order valence-corrected chi connectivity index (χ2v) is 5.87. The van der Waals surface area contributed by atoms with Crippen molar-refractivity contribution in [2.75, 3.05) is 31.1 Å². The van der Waals surface area contributed by atoms with Crippen LogP contribution in [-0.4, -0.2) is 46.9 Å². The van der Waals surface area contributed by atoms with Crippen LogP contribution in [0.1, 0.15) is 10.4 Å². The molecule has 2 heterocycles. The van der Waals surface area contributed by atoms with Gasteiger partial charge in [0.25, 0.3) is 11.6 Å². The zero-order valence-electron chi connectivity index (χ0n) is 12.8. The summed E-state index contributed by atoms with van der Waals surface area (Å²) in [5, 5.41) is 10.7. The second kappa shape index (κ2) is 6.79. The number of amides is 1. The fourth-order valence-electron chi connectivity index (χ4n) is 2.71. The molecule has 124 valence electrons. The molecule has 1 amide bonds. The van der Waals surface area contributed by atoms with Gasteiger partial charge in [-0.2, -0.15) is 0 Å². The van der Waals surface area contributed by atoms with Crippen LogP contribution in [0.15, 0.2) is 42.6 Å². The van der Waals surface area contributed by atoms with Crippen LogP contribution in [0.5, 0.6) is 0 Å². The Labute approximate surface area is 143 Å². The van der Waals surface area contributed by atoms with Crippen molar-refractivity contribution >= 4 is 29.5 Å². The van der Waals surface area contributed by atoms with Gasteiger partial charge in [0.2, 0.25) is 0 Å². The smallest absolute Gasteiger partial charge is 0.269 e. The molecule has 1 saturated heterocycles. The number of nitrogens with one attached hydrogen (secondary N) is 1. The van der Waals surface area contributed by atoms with Crippen molar-refractivity contribution in [3.63, 3.8) is 0 Å². The summed E-state index contributed by atoms with van der Waals surface area (Å²) in [6.45, 7) is 2.51. The molecule has 8 heteroatoms. The maximum absolute atomic E-state index is 12.5. The summed E-state index contributed by atoms with van der Waals surface area (Å²) in [4.78, 5) is 29.6. The largest absolute Gasteiger partial charge is 0.368 e. The predicted molar refractivity (Wildman–Crippen MR) is 92.8 cm³/mol. The Morgan fingerprint density at radius 2 is 1.79 bits per heavy atom. The number of hydrogen-bond donors (Lipinski definition) is 1. The zero-order chi connectivity index (χ0) is 17.1. The molecule has 1 fully saturated rings. The number of pyridine rings is 1. The molecule has 0 aliphatic carbocycles. The number of carbonyl (C=O) groups is 1. The number of benzene rings is 1.